The summed E-state index contributed by atoms with van der Waals surface area (Å²) in [6.45, 7) is 7.78. The Hall–Kier alpha value is -0.580. The van der Waals surface area contributed by atoms with E-state index in [1.165, 1.54) is 5.69 Å². The Morgan fingerprint density at radius 3 is 2.84 bits per heavy atom. The molecule has 1 aromatic rings. The highest BCUT2D eigenvalue weighted by Crippen LogP contribution is 2.31. The molecule has 3 nitrogen and oxygen atoms in total. The molecule has 0 saturated carbocycles. The fraction of sp³-hybridized carbons (Fsp3) is 0.600. The first-order valence-electron chi connectivity index (χ1n) is 6.88. The third-order valence-corrected chi connectivity index (χ3v) is 4.39. The SMILES string of the molecule is CCC1COC(C)CN1c1ccc([C@@H](C)O)c(Br)c1. The molecule has 0 aliphatic carbocycles. The summed E-state index contributed by atoms with van der Waals surface area (Å²) in [4.78, 5) is 2.41. The van der Waals surface area contributed by atoms with Crippen molar-refractivity contribution in [3.8, 4) is 0 Å². The lowest BCUT2D eigenvalue weighted by Gasteiger charge is -2.40. The van der Waals surface area contributed by atoms with Crippen molar-refractivity contribution in [1.82, 2.24) is 0 Å². The van der Waals surface area contributed by atoms with Gasteiger partial charge in [-0.3, -0.25) is 0 Å². The number of hydrogen-bond acceptors (Lipinski definition) is 3. The average Bonchev–Trinajstić information content (AvgIpc) is 2.38. The highest BCUT2D eigenvalue weighted by molar-refractivity contribution is 9.10. The van der Waals surface area contributed by atoms with Gasteiger partial charge in [0.2, 0.25) is 0 Å². The second kappa shape index (κ2) is 6.25. The number of benzene rings is 1. The second-order valence-corrected chi connectivity index (χ2v) is 6.09. The van der Waals surface area contributed by atoms with Crippen molar-refractivity contribution in [3.05, 3.63) is 28.2 Å². The maximum absolute atomic E-state index is 9.68. The van der Waals surface area contributed by atoms with Crippen LogP contribution in [0.1, 0.15) is 38.9 Å². The van der Waals surface area contributed by atoms with E-state index < -0.39 is 6.10 Å². The number of hydrogen-bond donors (Lipinski definition) is 1. The number of aliphatic hydroxyl groups is 1. The van der Waals surface area contributed by atoms with E-state index >= 15 is 0 Å². The first-order valence-corrected chi connectivity index (χ1v) is 7.68. The quantitative estimate of drug-likeness (QED) is 0.922. The van der Waals surface area contributed by atoms with Crippen LogP contribution in [0, 0.1) is 0 Å². The van der Waals surface area contributed by atoms with Gasteiger partial charge in [-0.25, -0.2) is 0 Å². The third-order valence-electron chi connectivity index (χ3n) is 3.70. The minimum atomic E-state index is -0.450. The fourth-order valence-corrected chi connectivity index (χ4v) is 3.23. The van der Waals surface area contributed by atoms with Crippen LogP contribution in [0.25, 0.3) is 0 Å². The van der Waals surface area contributed by atoms with Gasteiger partial charge in [0.05, 0.1) is 24.9 Å². The first kappa shape index (κ1) is 14.8. The van der Waals surface area contributed by atoms with E-state index in [2.05, 4.69) is 46.8 Å². The minimum Gasteiger partial charge on any atom is -0.389 e. The molecule has 1 aromatic carbocycles. The van der Waals surface area contributed by atoms with Crippen LogP contribution >= 0.6 is 15.9 Å². The maximum atomic E-state index is 9.68. The molecule has 0 spiro atoms. The van der Waals surface area contributed by atoms with E-state index in [4.69, 9.17) is 4.74 Å². The zero-order valence-electron chi connectivity index (χ0n) is 11.8. The number of rotatable bonds is 3. The van der Waals surface area contributed by atoms with Crippen LogP contribution in [0.4, 0.5) is 5.69 Å². The molecule has 2 unspecified atom stereocenters. The molecule has 0 bridgehead atoms. The lowest BCUT2D eigenvalue weighted by Crippen LogP contribution is -2.48. The van der Waals surface area contributed by atoms with Gasteiger partial charge in [0.25, 0.3) is 0 Å². The van der Waals surface area contributed by atoms with Crippen molar-refractivity contribution >= 4 is 21.6 Å². The van der Waals surface area contributed by atoms with Gasteiger partial charge in [0, 0.05) is 16.7 Å². The number of aliphatic hydroxyl groups excluding tert-OH is 1. The van der Waals surface area contributed by atoms with Gasteiger partial charge < -0.3 is 14.7 Å². The van der Waals surface area contributed by atoms with Crippen molar-refractivity contribution in [2.24, 2.45) is 0 Å². The molecule has 0 amide bonds. The Balaban J connectivity index is 2.26. The van der Waals surface area contributed by atoms with E-state index in [0.717, 1.165) is 29.6 Å². The van der Waals surface area contributed by atoms with Crippen molar-refractivity contribution in [2.75, 3.05) is 18.1 Å². The molecule has 0 aromatic heterocycles. The zero-order valence-corrected chi connectivity index (χ0v) is 13.4. The molecule has 0 radical (unpaired) electrons. The molecule has 1 aliphatic heterocycles. The van der Waals surface area contributed by atoms with E-state index in [1.54, 1.807) is 6.92 Å². The second-order valence-electron chi connectivity index (χ2n) is 5.24. The lowest BCUT2D eigenvalue weighted by atomic mass is 10.1. The molecule has 1 fully saturated rings. The molecule has 1 saturated heterocycles. The highest BCUT2D eigenvalue weighted by Gasteiger charge is 2.26. The Morgan fingerprint density at radius 2 is 2.26 bits per heavy atom. The fourth-order valence-electron chi connectivity index (χ4n) is 2.53. The average molecular weight is 328 g/mol. The van der Waals surface area contributed by atoms with Gasteiger partial charge in [0.1, 0.15) is 0 Å². The molecule has 2 rings (SSSR count). The van der Waals surface area contributed by atoms with Crippen LogP contribution in [0.3, 0.4) is 0 Å². The molecular weight excluding hydrogens is 306 g/mol. The van der Waals surface area contributed by atoms with Gasteiger partial charge in [-0.1, -0.05) is 28.9 Å². The van der Waals surface area contributed by atoms with E-state index in [-0.39, 0.29) is 6.10 Å². The van der Waals surface area contributed by atoms with E-state index in [0.29, 0.717) is 6.04 Å². The van der Waals surface area contributed by atoms with Crippen molar-refractivity contribution < 1.29 is 9.84 Å². The number of nitrogens with zero attached hydrogens (tertiary/aromatic N) is 1. The predicted octanol–water partition coefficient (Wildman–Crippen LogP) is 3.51. The molecule has 4 heteroatoms. The van der Waals surface area contributed by atoms with Crippen molar-refractivity contribution in [3.63, 3.8) is 0 Å². The van der Waals surface area contributed by atoms with Crippen LogP contribution in [-0.2, 0) is 4.74 Å². The zero-order chi connectivity index (χ0) is 14.0. The summed E-state index contributed by atoms with van der Waals surface area (Å²) in [7, 11) is 0. The van der Waals surface area contributed by atoms with Crippen LogP contribution in [0.15, 0.2) is 22.7 Å². The summed E-state index contributed by atoms with van der Waals surface area (Å²) < 4.78 is 6.70. The van der Waals surface area contributed by atoms with Gasteiger partial charge in [-0.2, -0.15) is 0 Å². The standard InChI is InChI=1S/C15H22BrNO2/c1-4-12-9-19-10(2)8-17(12)13-5-6-14(11(3)18)15(16)7-13/h5-7,10-12,18H,4,8-9H2,1-3H3/t10?,11-,12?/m1/s1. The Labute approximate surface area is 123 Å². The summed E-state index contributed by atoms with van der Waals surface area (Å²) >= 11 is 3.55. The monoisotopic (exact) mass is 327 g/mol. The Bertz CT molecular complexity index is 436. The predicted molar refractivity (Wildman–Crippen MR) is 81.6 cm³/mol. The van der Waals surface area contributed by atoms with Crippen LogP contribution in [-0.4, -0.2) is 30.4 Å². The minimum absolute atomic E-state index is 0.262. The van der Waals surface area contributed by atoms with Gasteiger partial charge in [0.15, 0.2) is 0 Å². The smallest absolute Gasteiger partial charge is 0.0772 e. The normalized spacial score (nSPS) is 25.4. The van der Waals surface area contributed by atoms with Crippen LogP contribution in [0.5, 0.6) is 0 Å². The summed E-state index contributed by atoms with van der Waals surface area (Å²) in [5, 5.41) is 9.68. The summed E-state index contributed by atoms with van der Waals surface area (Å²) in [5.41, 5.74) is 2.12. The highest BCUT2D eigenvalue weighted by atomic mass is 79.9. The number of anilines is 1. The molecular formula is C15H22BrNO2. The van der Waals surface area contributed by atoms with E-state index in [9.17, 15) is 5.11 Å². The third kappa shape index (κ3) is 3.30. The van der Waals surface area contributed by atoms with Gasteiger partial charge in [-0.15, -0.1) is 0 Å². The molecule has 1 aliphatic rings. The largest absolute Gasteiger partial charge is 0.389 e. The van der Waals surface area contributed by atoms with Crippen LogP contribution in [0.2, 0.25) is 0 Å². The first-order chi connectivity index (χ1) is 9.02. The number of ether oxygens (including phenoxy) is 1. The molecule has 1 N–H and O–H groups in total. The number of morpholine rings is 1. The molecule has 19 heavy (non-hydrogen) atoms. The maximum Gasteiger partial charge on any atom is 0.0772 e. The number of halogens is 1. The molecule has 106 valence electrons. The summed E-state index contributed by atoms with van der Waals surface area (Å²) in [5.74, 6) is 0. The van der Waals surface area contributed by atoms with Crippen molar-refractivity contribution in [2.45, 2.75) is 45.4 Å². The summed E-state index contributed by atoms with van der Waals surface area (Å²) in [6, 6.07) is 6.62. The lowest BCUT2D eigenvalue weighted by molar-refractivity contribution is 0.0299. The van der Waals surface area contributed by atoms with Crippen LogP contribution < -0.4 is 4.90 Å². The summed E-state index contributed by atoms with van der Waals surface area (Å²) in [6.07, 6.45) is 0.884. The Kier molecular flexibility index (Phi) is 4.87. The topological polar surface area (TPSA) is 32.7 Å². The molecule has 1 heterocycles. The van der Waals surface area contributed by atoms with Crippen molar-refractivity contribution in [1.29, 1.82) is 0 Å². The Morgan fingerprint density at radius 1 is 1.53 bits per heavy atom. The van der Waals surface area contributed by atoms with Gasteiger partial charge in [-0.05, 0) is 38.0 Å². The van der Waals surface area contributed by atoms with E-state index in [1.807, 2.05) is 6.07 Å². The van der Waals surface area contributed by atoms with Gasteiger partial charge >= 0.3 is 0 Å². The molecule has 3 atom stereocenters.